The van der Waals surface area contributed by atoms with Crippen LogP contribution in [0.3, 0.4) is 0 Å². The summed E-state index contributed by atoms with van der Waals surface area (Å²) in [5, 5.41) is 7.25. The zero-order valence-corrected chi connectivity index (χ0v) is 13.9. The van der Waals surface area contributed by atoms with Crippen molar-refractivity contribution in [2.24, 2.45) is 13.0 Å². The predicted octanol–water partition coefficient (Wildman–Crippen LogP) is 3.48. The van der Waals surface area contributed by atoms with E-state index in [4.69, 9.17) is 4.74 Å². The molecular formula is C19H23N3O2. The highest BCUT2D eigenvalue weighted by molar-refractivity contribution is 5.96. The number of carbonyl (C=O) groups excluding carboxylic acids is 1. The van der Waals surface area contributed by atoms with Gasteiger partial charge in [0.15, 0.2) is 0 Å². The Morgan fingerprint density at radius 3 is 2.83 bits per heavy atom. The molecule has 4 rings (SSSR count). The van der Waals surface area contributed by atoms with Crippen molar-refractivity contribution in [3.8, 4) is 5.75 Å². The lowest BCUT2D eigenvalue weighted by Crippen LogP contribution is -2.17. The molecule has 1 amide bonds. The maximum Gasteiger partial charge on any atom is 0.228 e. The minimum absolute atomic E-state index is 0.0359. The molecule has 126 valence electrons. The lowest BCUT2D eigenvalue weighted by Gasteiger charge is -2.16. The standard InChI is InChI=1S/C19H23N3O2/c1-22-12-13(11-20-22)15-10-16(15)19(23)21-17-8-4-5-9-18(17)24-14-6-2-3-7-14/h4-5,8-9,11-12,14-16H,2-3,6-7,10H2,1H3,(H,21,23). The van der Waals surface area contributed by atoms with E-state index in [1.54, 1.807) is 4.68 Å². The van der Waals surface area contributed by atoms with Gasteiger partial charge in [0.05, 0.1) is 18.0 Å². The molecule has 0 radical (unpaired) electrons. The SMILES string of the molecule is Cn1cc(C2CC2C(=O)Nc2ccccc2OC2CCCC2)cn1. The summed E-state index contributed by atoms with van der Waals surface area (Å²) < 4.78 is 7.88. The molecule has 24 heavy (non-hydrogen) atoms. The van der Waals surface area contributed by atoms with E-state index in [0.717, 1.165) is 36.3 Å². The molecule has 1 aromatic carbocycles. The highest BCUT2D eigenvalue weighted by Gasteiger charge is 2.44. The zero-order valence-electron chi connectivity index (χ0n) is 13.9. The molecule has 2 aliphatic carbocycles. The van der Waals surface area contributed by atoms with Crippen LogP contribution in [0.5, 0.6) is 5.75 Å². The van der Waals surface area contributed by atoms with Gasteiger partial charge in [-0.2, -0.15) is 5.10 Å². The highest BCUT2D eigenvalue weighted by atomic mass is 16.5. The van der Waals surface area contributed by atoms with E-state index in [9.17, 15) is 4.79 Å². The van der Waals surface area contributed by atoms with Gasteiger partial charge in [-0.25, -0.2) is 0 Å². The van der Waals surface area contributed by atoms with Crippen molar-refractivity contribution in [1.82, 2.24) is 9.78 Å². The predicted molar refractivity (Wildman–Crippen MR) is 92.0 cm³/mol. The van der Waals surface area contributed by atoms with Crippen molar-refractivity contribution < 1.29 is 9.53 Å². The number of benzene rings is 1. The first kappa shape index (κ1) is 15.2. The second kappa shape index (κ2) is 6.30. The number of rotatable bonds is 5. The Morgan fingerprint density at radius 2 is 2.08 bits per heavy atom. The first-order valence-electron chi connectivity index (χ1n) is 8.76. The molecule has 0 spiro atoms. The fraction of sp³-hybridized carbons (Fsp3) is 0.474. The van der Waals surface area contributed by atoms with Crippen molar-refractivity contribution in [2.45, 2.75) is 44.1 Å². The van der Waals surface area contributed by atoms with E-state index in [-0.39, 0.29) is 17.9 Å². The Kier molecular flexibility index (Phi) is 4.00. The summed E-state index contributed by atoms with van der Waals surface area (Å²) in [6.45, 7) is 0. The smallest absolute Gasteiger partial charge is 0.228 e. The number of para-hydroxylation sites is 2. The van der Waals surface area contributed by atoms with Crippen LogP contribution in [0.2, 0.25) is 0 Å². The summed E-state index contributed by atoms with van der Waals surface area (Å²) in [5.41, 5.74) is 1.93. The third kappa shape index (κ3) is 3.16. The number of nitrogens with one attached hydrogen (secondary N) is 1. The average Bonchev–Trinajstić information content (AvgIpc) is 2.98. The largest absolute Gasteiger partial charge is 0.488 e. The number of anilines is 1. The summed E-state index contributed by atoms with van der Waals surface area (Å²) >= 11 is 0. The summed E-state index contributed by atoms with van der Waals surface area (Å²) in [4.78, 5) is 12.6. The van der Waals surface area contributed by atoms with Gasteiger partial charge in [-0.15, -0.1) is 0 Å². The van der Waals surface area contributed by atoms with Crippen molar-refractivity contribution in [3.05, 3.63) is 42.2 Å². The fourth-order valence-electron chi connectivity index (χ4n) is 3.57. The van der Waals surface area contributed by atoms with Gasteiger partial charge < -0.3 is 10.1 Å². The van der Waals surface area contributed by atoms with Crippen molar-refractivity contribution in [3.63, 3.8) is 0 Å². The van der Waals surface area contributed by atoms with E-state index < -0.39 is 0 Å². The van der Waals surface area contributed by atoms with E-state index in [1.807, 2.05) is 43.7 Å². The van der Waals surface area contributed by atoms with Crippen LogP contribution in [0.1, 0.15) is 43.6 Å². The van der Waals surface area contributed by atoms with Gasteiger partial charge in [-0.05, 0) is 55.7 Å². The molecule has 5 nitrogen and oxygen atoms in total. The van der Waals surface area contributed by atoms with Crippen LogP contribution >= 0.6 is 0 Å². The molecule has 1 heterocycles. The second-order valence-electron chi connectivity index (χ2n) is 6.91. The zero-order chi connectivity index (χ0) is 16.5. The Labute approximate surface area is 142 Å². The summed E-state index contributed by atoms with van der Waals surface area (Å²) in [5.74, 6) is 1.19. The van der Waals surface area contributed by atoms with Gasteiger partial charge in [0.1, 0.15) is 5.75 Å². The molecule has 1 N–H and O–H groups in total. The number of nitrogens with zero attached hydrogens (tertiary/aromatic N) is 2. The first-order chi connectivity index (χ1) is 11.7. The molecule has 5 heteroatoms. The minimum atomic E-state index is 0.0359. The Hall–Kier alpha value is -2.30. The topological polar surface area (TPSA) is 56.2 Å². The van der Waals surface area contributed by atoms with Gasteiger partial charge in [0.2, 0.25) is 5.91 Å². The van der Waals surface area contributed by atoms with E-state index in [0.29, 0.717) is 5.92 Å². The number of amides is 1. The van der Waals surface area contributed by atoms with Crippen molar-refractivity contribution in [1.29, 1.82) is 0 Å². The number of carbonyl (C=O) groups is 1. The van der Waals surface area contributed by atoms with E-state index in [2.05, 4.69) is 10.4 Å². The molecule has 0 bridgehead atoms. The summed E-state index contributed by atoms with van der Waals surface area (Å²) in [7, 11) is 1.90. The van der Waals surface area contributed by atoms with Crippen molar-refractivity contribution in [2.75, 3.05) is 5.32 Å². The Balaban J connectivity index is 1.41. The summed E-state index contributed by atoms with van der Waals surface area (Å²) in [6, 6.07) is 7.75. The number of aromatic nitrogens is 2. The molecule has 0 saturated heterocycles. The Morgan fingerprint density at radius 1 is 1.29 bits per heavy atom. The van der Waals surface area contributed by atoms with Crippen LogP contribution in [0, 0.1) is 5.92 Å². The fourth-order valence-corrected chi connectivity index (χ4v) is 3.57. The molecule has 1 aromatic heterocycles. The van der Waals surface area contributed by atoms with Gasteiger partial charge in [0, 0.05) is 19.2 Å². The van der Waals surface area contributed by atoms with Crippen LogP contribution in [0.15, 0.2) is 36.7 Å². The molecule has 2 aromatic rings. The third-order valence-corrected chi connectivity index (χ3v) is 5.02. The normalized spacial score (nSPS) is 23.2. The number of ether oxygens (including phenoxy) is 1. The lowest BCUT2D eigenvalue weighted by atomic mass is 10.2. The van der Waals surface area contributed by atoms with Crippen LogP contribution in [-0.2, 0) is 11.8 Å². The number of hydrogen-bond acceptors (Lipinski definition) is 3. The molecule has 2 aliphatic rings. The molecular weight excluding hydrogens is 302 g/mol. The first-order valence-corrected chi connectivity index (χ1v) is 8.76. The molecule has 2 unspecified atom stereocenters. The van der Waals surface area contributed by atoms with Crippen molar-refractivity contribution >= 4 is 11.6 Å². The number of hydrogen-bond donors (Lipinski definition) is 1. The molecule has 0 aliphatic heterocycles. The van der Waals surface area contributed by atoms with Gasteiger partial charge >= 0.3 is 0 Å². The van der Waals surface area contributed by atoms with Gasteiger partial charge in [0.25, 0.3) is 0 Å². The molecule has 2 saturated carbocycles. The van der Waals surface area contributed by atoms with Crippen LogP contribution in [-0.4, -0.2) is 21.8 Å². The maximum atomic E-state index is 12.6. The molecule has 2 atom stereocenters. The van der Waals surface area contributed by atoms with E-state index in [1.165, 1.54) is 12.8 Å². The average molecular weight is 325 g/mol. The minimum Gasteiger partial charge on any atom is -0.488 e. The monoisotopic (exact) mass is 325 g/mol. The lowest BCUT2D eigenvalue weighted by molar-refractivity contribution is -0.117. The van der Waals surface area contributed by atoms with Gasteiger partial charge in [-0.3, -0.25) is 9.48 Å². The summed E-state index contributed by atoms with van der Waals surface area (Å²) in [6.07, 6.45) is 9.70. The molecule has 2 fully saturated rings. The van der Waals surface area contributed by atoms with Gasteiger partial charge in [-0.1, -0.05) is 12.1 Å². The van der Waals surface area contributed by atoms with Crippen LogP contribution in [0.25, 0.3) is 0 Å². The number of aryl methyl sites for hydroxylation is 1. The third-order valence-electron chi connectivity index (χ3n) is 5.02. The second-order valence-corrected chi connectivity index (χ2v) is 6.91. The maximum absolute atomic E-state index is 12.6. The Bertz CT molecular complexity index is 734. The highest BCUT2D eigenvalue weighted by Crippen LogP contribution is 2.48. The quantitative estimate of drug-likeness (QED) is 0.915. The van der Waals surface area contributed by atoms with Crippen LogP contribution < -0.4 is 10.1 Å². The van der Waals surface area contributed by atoms with E-state index >= 15 is 0 Å². The van der Waals surface area contributed by atoms with Crippen LogP contribution in [0.4, 0.5) is 5.69 Å².